The molecule has 0 fully saturated rings. The van der Waals surface area contributed by atoms with Gasteiger partial charge in [-0.05, 0) is 36.2 Å². The number of nitrogens with one attached hydrogen (secondary N) is 1. The standard InChI is InChI=1S/C16H21BrN2/c1-13(2)10-18-11-15-7-5-9-19(15)12-14-6-3-4-8-16(14)17/h3-9,13,18H,10-12H2,1-2H3. The molecule has 0 saturated heterocycles. The van der Waals surface area contributed by atoms with E-state index in [1.807, 2.05) is 6.07 Å². The van der Waals surface area contributed by atoms with Crippen LogP contribution >= 0.6 is 15.9 Å². The average Bonchev–Trinajstić information content (AvgIpc) is 2.79. The van der Waals surface area contributed by atoms with Gasteiger partial charge in [0.15, 0.2) is 0 Å². The third-order valence-corrected chi connectivity index (χ3v) is 3.85. The van der Waals surface area contributed by atoms with Crippen LogP contribution in [0.4, 0.5) is 0 Å². The normalized spacial score (nSPS) is 11.2. The van der Waals surface area contributed by atoms with Crippen LogP contribution in [0.15, 0.2) is 47.1 Å². The molecule has 102 valence electrons. The molecule has 1 heterocycles. The van der Waals surface area contributed by atoms with Gasteiger partial charge in [0.05, 0.1) is 0 Å². The summed E-state index contributed by atoms with van der Waals surface area (Å²) < 4.78 is 3.47. The van der Waals surface area contributed by atoms with Gasteiger partial charge in [0, 0.05) is 29.5 Å². The Kier molecular flexibility index (Phi) is 5.23. The Morgan fingerprint density at radius 2 is 1.95 bits per heavy atom. The molecule has 0 spiro atoms. The van der Waals surface area contributed by atoms with Crippen molar-refractivity contribution in [1.29, 1.82) is 0 Å². The zero-order valence-electron chi connectivity index (χ0n) is 11.6. The van der Waals surface area contributed by atoms with Crippen molar-refractivity contribution in [2.24, 2.45) is 5.92 Å². The van der Waals surface area contributed by atoms with E-state index in [2.05, 4.69) is 76.2 Å². The number of nitrogens with zero attached hydrogens (tertiary/aromatic N) is 1. The van der Waals surface area contributed by atoms with Gasteiger partial charge in [-0.25, -0.2) is 0 Å². The van der Waals surface area contributed by atoms with Gasteiger partial charge < -0.3 is 9.88 Å². The molecule has 1 aromatic carbocycles. The lowest BCUT2D eigenvalue weighted by atomic mass is 10.2. The minimum Gasteiger partial charge on any atom is -0.346 e. The highest BCUT2D eigenvalue weighted by atomic mass is 79.9. The smallest absolute Gasteiger partial charge is 0.0484 e. The summed E-state index contributed by atoms with van der Waals surface area (Å²) in [5, 5.41) is 3.50. The summed E-state index contributed by atoms with van der Waals surface area (Å²) in [5.41, 5.74) is 2.64. The van der Waals surface area contributed by atoms with Crippen LogP contribution in [0, 0.1) is 5.92 Å². The largest absolute Gasteiger partial charge is 0.346 e. The zero-order valence-corrected chi connectivity index (χ0v) is 13.2. The Balaban J connectivity index is 2.01. The van der Waals surface area contributed by atoms with Crippen LogP contribution < -0.4 is 5.32 Å². The van der Waals surface area contributed by atoms with Crippen LogP contribution in [0.1, 0.15) is 25.1 Å². The molecular formula is C16H21BrN2. The molecule has 0 saturated carbocycles. The molecule has 1 N–H and O–H groups in total. The molecule has 0 aliphatic carbocycles. The quantitative estimate of drug-likeness (QED) is 0.849. The van der Waals surface area contributed by atoms with Gasteiger partial charge in [-0.2, -0.15) is 0 Å². The van der Waals surface area contributed by atoms with Gasteiger partial charge >= 0.3 is 0 Å². The Bertz CT molecular complexity index is 517. The maximum Gasteiger partial charge on any atom is 0.0484 e. The molecule has 19 heavy (non-hydrogen) atoms. The lowest BCUT2D eigenvalue weighted by Gasteiger charge is -2.12. The SMILES string of the molecule is CC(C)CNCc1cccn1Cc1ccccc1Br. The molecule has 0 aliphatic heterocycles. The molecular weight excluding hydrogens is 300 g/mol. The fourth-order valence-electron chi connectivity index (χ4n) is 2.06. The minimum atomic E-state index is 0.687. The van der Waals surface area contributed by atoms with Crippen LogP contribution in [0.2, 0.25) is 0 Å². The predicted octanol–water partition coefficient (Wildman–Crippen LogP) is 4.04. The van der Waals surface area contributed by atoms with E-state index in [0.29, 0.717) is 5.92 Å². The number of halogens is 1. The van der Waals surface area contributed by atoms with Crippen molar-refractivity contribution in [3.8, 4) is 0 Å². The predicted molar refractivity (Wildman–Crippen MR) is 84.2 cm³/mol. The summed E-state index contributed by atoms with van der Waals surface area (Å²) in [7, 11) is 0. The molecule has 2 rings (SSSR count). The molecule has 2 nitrogen and oxygen atoms in total. The van der Waals surface area contributed by atoms with E-state index in [1.54, 1.807) is 0 Å². The van der Waals surface area contributed by atoms with Gasteiger partial charge in [-0.1, -0.05) is 48.0 Å². The monoisotopic (exact) mass is 320 g/mol. The summed E-state index contributed by atoms with van der Waals surface area (Å²) >= 11 is 3.61. The number of hydrogen-bond donors (Lipinski definition) is 1. The van der Waals surface area contributed by atoms with Gasteiger partial charge in [-0.3, -0.25) is 0 Å². The Hall–Kier alpha value is -1.06. The van der Waals surface area contributed by atoms with Crippen molar-refractivity contribution in [2.45, 2.75) is 26.9 Å². The van der Waals surface area contributed by atoms with Gasteiger partial charge in [0.1, 0.15) is 0 Å². The van der Waals surface area contributed by atoms with E-state index >= 15 is 0 Å². The maximum absolute atomic E-state index is 3.61. The number of rotatable bonds is 6. The number of benzene rings is 1. The molecule has 0 aliphatic rings. The highest BCUT2D eigenvalue weighted by molar-refractivity contribution is 9.10. The van der Waals surface area contributed by atoms with Gasteiger partial charge in [-0.15, -0.1) is 0 Å². The van der Waals surface area contributed by atoms with E-state index in [0.717, 1.165) is 19.6 Å². The van der Waals surface area contributed by atoms with E-state index in [1.165, 1.54) is 15.7 Å². The Morgan fingerprint density at radius 3 is 2.68 bits per heavy atom. The van der Waals surface area contributed by atoms with Gasteiger partial charge in [0.25, 0.3) is 0 Å². The van der Waals surface area contributed by atoms with Crippen molar-refractivity contribution in [3.63, 3.8) is 0 Å². The molecule has 0 radical (unpaired) electrons. The molecule has 3 heteroatoms. The fraction of sp³-hybridized carbons (Fsp3) is 0.375. The summed E-state index contributed by atoms with van der Waals surface area (Å²) in [5.74, 6) is 0.687. The van der Waals surface area contributed by atoms with Crippen LogP contribution in [-0.2, 0) is 13.1 Å². The van der Waals surface area contributed by atoms with E-state index in [9.17, 15) is 0 Å². The van der Waals surface area contributed by atoms with Crippen molar-refractivity contribution >= 4 is 15.9 Å². The van der Waals surface area contributed by atoms with E-state index in [4.69, 9.17) is 0 Å². The topological polar surface area (TPSA) is 17.0 Å². The summed E-state index contributed by atoms with van der Waals surface area (Å²) in [6, 6.07) is 12.7. The third-order valence-electron chi connectivity index (χ3n) is 3.08. The van der Waals surface area contributed by atoms with Crippen LogP contribution in [-0.4, -0.2) is 11.1 Å². The average molecular weight is 321 g/mol. The van der Waals surface area contributed by atoms with Gasteiger partial charge in [0.2, 0.25) is 0 Å². The summed E-state index contributed by atoms with van der Waals surface area (Å²) in [4.78, 5) is 0. The Labute approximate surface area is 124 Å². The zero-order chi connectivity index (χ0) is 13.7. The molecule has 2 aromatic rings. The maximum atomic E-state index is 3.61. The van der Waals surface area contributed by atoms with Crippen LogP contribution in [0.5, 0.6) is 0 Å². The molecule has 0 bridgehead atoms. The first kappa shape index (κ1) is 14.4. The highest BCUT2D eigenvalue weighted by Crippen LogP contribution is 2.18. The first-order chi connectivity index (χ1) is 9.16. The second-order valence-corrected chi connectivity index (χ2v) is 6.10. The fourth-order valence-corrected chi connectivity index (χ4v) is 2.47. The van der Waals surface area contributed by atoms with E-state index in [-0.39, 0.29) is 0 Å². The van der Waals surface area contributed by atoms with Crippen molar-refractivity contribution in [2.75, 3.05) is 6.54 Å². The first-order valence-corrected chi connectivity index (χ1v) is 7.54. The number of aromatic nitrogens is 1. The molecule has 0 atom stereocenters. The minimum absolute atomic E-state index is 0.687. The van der Waals surface area contributed by atoms with Crippen molar-refractivity contribution in [1.82, 2.24) is 9.88 Å². The summed E-state index contributed by atoms with van der Waals surface area (Å²) in [6.07, 6.45) is 2.14. The summed E-state index contributed by atoms with van der Waals surface area (Å²) in [6.45, 7) is 7.35. The third kappa shape index (κ3) is 4.22. The lowest BCUT2D eigenvalue weighted by Crippen LogP contribution is -2.21. The molecule has 0 amide bonds. The second-order valence-electron chi connectivity index (χ2n) is 5.24. The van der Waals surface area contributed by atoms with E-state index < -0.39 is 0 Å². The van der Waals surface area contributed by atoms with Crippen LogP contribution in [0.25, 0.3) is 0 Å². The first-order valence-electron chi connectivity index (χ1n) is 6.75. The highest BCUT2D eigenvalue weighted by Gasteiger charge is 2.04. The van der Waals surface area contributed by atoms with Crippen molar-refractivity contribution < 1.29 is 0 Å². The number of hydrogen-bond acceptors (Lipinski definition) is 1. The Morgan fingerprint density at radius 1 is 1.16 bits per heavy atom. The van der Waals surface area contributed by atoms with Crippen LogP contribution in [0.3, 0.4) is 0 Å². The second kappa shape index (κ2) is 6.92. The molecule has 0 unspecified atom stereocenters. The lowest BCUT2D eigenvalue weighted by molar-refractivity contribution is 0.539. The molecule has 1 aromatic heterocycles. The van der Waals surface area contributed by atoms with Crippen molar-refractivity contribution in [3.05, 3.63) is 58.3 Å².